The van der Waals surface area contributed by atoms with Crippen LogP contribution in [0.5, 0.6) is 5.75 Å². The van der Waals surface area contributed by atoms with Gasteiger partial charge in [-0.25, -0.2) is 8.78 Å². The van der Waals surface area contributed by atoms with Gasteiger partial charge in [0.25, 0.3) is 0 Å². The molecule has 158 valence electrons. The average Bonchev–Trinajstić information content (AvgIpc) is 2.73. The number of aryl methyl sites for hydroxylation is 1. The highest BCUT2D eigenvalue weighted by Crippen LogP contribution is 2.38. The number of benzene rings is 3. The second-order valence-corrected chi connectivity index (χ2v) is 7.07. The van der Waals surface area contributed by atoms with Gasteiger partial charge in [0.15, 0.2) is 0 Å². The van der Waals surface area contributed by atoms with Crippen LogP contribution in [0.4, 0.5) is 22.0 Å². The van der Waals surface area contributed by atoms with Crippen LogP contribution < -0.4 is 4.74 Å². The Morgan fingerprint density at radius 1 is 0.935 bits per heavy atom. The van der Waals surface area contributed by atoms with Gasteiger partial charge in [-0.2, -0.15) is 13.2 Å². The highest BCUT2D eigenvalue weighted by molar-refractivity contribution is 5.97. The van der Waals surface area contributed by atoms with E-state index in [1.54, 1.807) is 37.3 Å². The van der Waals surface area contributed by atoms with E-state index in [2.05, 4.69) is 4.98 Å². The summed E-state index contributed by atoms with van der Waals surface area (Å²) in [5.74, 6) is -0.793. The second kappa shape index (κ2) is 7.98. The van der Waals surface area contributed by atoms with Crippen molar-refractivity contribution in [2.24, 2.45) is 0 Å². The van der Waals surface area contributed by atoms with Crippen molar-refractivity contribution in [2.45, 2.75) is 19.7 Å². The number of nitrogens with zero attached hydrogens (tertiary/aromatic N) is 1. The van der Waals surface area contributed by atoms with Crippen LogP contribution in [0.25, 0.3) is 22.0 Å². The number of ether oxygens (including phenoxy) is 1. The minimum absolute atomic E-state index is 0.0609. The van der Waals surface area contributed by atoms with Gasteiger partial charge in [0, 0.05) is 17.1 Å². The van der Waals surface area contributed by atoms with Gasteiger partial charge < -0.3 is 4.74 Å². The zero-order valence-corrected chi connectivity index (χ0v) is 16.3. The Morgan fingerprint density at radius 2 is 1.71 bits per heavy atom. The number of alkyl halides is 3. The predicted molar refractivity (Wildman–Crippen MR) is 108 cm³/mol. The van der Waals surface area contributed by atoms with E-state index in [0.29, 0.717) is 27.8 Å². The quantitative estimate of drug-likeness (QED) is 0.323. The first-order chi connectivity index (χ1) is 14.7. The molecule has 4 aromatic rings. The van der Waals surface area contributed by atoms with Crippen molar-refractivity contribution in [3.05, 3.63) is 95.2 Å². The molecule has 0 aliphatic rings. The molecule has 0 atom stereocenters. The maximum absolute atomic E-state index is 13.8. The van der Waals surface area contributed by atoms with E-state index in [-0.39, 0.29) is 17.7 Å². The number of halogens is 5. The minimum Gasteiger partial charge on any atom is -0.489 e. The van der Waals surface area contributed by atoms with Crippen LogP contribution in [-0.2, 0) is 12.8 Å². The molecule has 3 aromatic carbocycles. The first-order valence-corrected chi connectivity index (χ1v) is 9.37. The zero-order valence-electron chi connectivity index (χ0n) is 16.3. The molecule has 0 aliphatic heterocycles. The molecule has 1 heterocycles. The summed E-state index contributed by atoms with van der Waals surface area (Å²) in [6.07, 6.45) is -3.12. The van der Waals surface area contributed by atoms with E-state index in [1.807, 2.05) is 0 Å². The normalized spacial score (nSPS) is 11.7. The predicted octanol–water partition coefficient (Wildman–Crippen LogP) is 7.09. The third-order valence-electron chi connectivity index (χ3n) is 4.92. The maximum atomic E-state index is 13.8. The summed E-state index contributed by atoms with van der Waals surface area (Å²) < 4.78 is 73.1. The van der Waals surface area contributed by atoms with Crippen molar-refractivity contribution in [1.82, 2.24) is 4.98 Å². The molecule has 0 unspecified atom stereocenters. The van der Waals surface area contributed by atoms with Crippen molar-refractivity contribution < 1.29 is 26.7 Å². The molecule has 0 fully saturated rings. The molecule has 31 heavy (non-hydrogen) atoms. The summed E-state index contributed by atoms with van der Waals surface area (Å²) in [6.45, 7) is 1.57. The number of hydrogen-bond acceptors (Lipinski definition) is 2. The van der Waals surface area contributed by atoms with Crippen LogP contribution in [0.3, 0.4) is 0 Å². The Morgan fingerprint density at radius 3 is 2.48 bits per heavy atom. The lowest BCUT2D eigenvalue weighted by Crippen LogP contribution is -2.07. The lowest BCUT2D eigenvalue weighted by molar-refractivity contribution is -0.136. The fourth-order valence-electron chi connectivity index (χ4n) is 3.49. The molecule has 0 saturated carbocycles. The lowest BCUT2D eigenvalue weighted by atomic mass is 9.95. The molecule has 1 aromatic heterocycles. The van der Waals surface area contributed by atoms with Gasteiger partial charge in [-0.05, 0) is 60.0 Å². The highest BCUT2D eigenvalue weighted by Gasteiger charge is 2.33. The van der Waals surface area contributed by atoms with E-state index in [9.17, 15) is 22.0 Å². The number of pyridine rings is 1. The third kappa shape index (κ3) is 4.21. The van der Waals surface area contributed by atoms with E-state index >= 15 is 0 Å². The molecule has 2 nitrogen and oxygen atoms in total. The van der Waals surface area contributed by atoms with Crippen LogP contribution in [0, 0.1) is 18.6 Å². The number of rotatable bonds is 4. The van der Waals surface area contributed by atoms with Gasteiger partial charge in [-0.1, -0.05) is 24.3 Å². The molecule has 4 rings (SSSR count). The van der Waals surface area contributed by atoms with Crippen LogP contribution in [0.15, 0.2) is 66.9 Å². The molecule has 0 saturated heterocycles. The number of fused-ring (bicyclic) bond motifs is 1. The molecule has 0 N–H and O–H groups in total. The van der Waals surface area contributed by atoms with Crippen molar-refractivity contribution >= 4 is 10.9 Å². The number of para-hydroxylation sites is 1. The van der Waals surface area contributed by atoms with Crippen molar-refractivity contribution in [1.29, 1.82) is 0 Å². The minimum atomic E-state index is -4.53. The van der Waals surface area contributed by atoms with Crippen LogP contribution in [0.1, 0.15) is 16.7 Å². The summed E-state index contributed by atoms with van der Waals surface area (Å²) >= 11 is 0. The fraction of sp³-hybridized carbons (Fsp3) is 0.125. The topological polar surface area (TPSA) is 22.1 Å². The second-order valence-electron chi connectivity index (χ2n) is 7.07. The summed E-state index contributed by atoms with van der Waals surface area (Å²) in [5, 5.41) is 0.364. The Bertz CT molecular complexity index is 1270. The van der Waals surface area contributed by atoms with E-state index in [4.69, 9.17) is 4.74 Å². The Balaban J connectivity index is 1.74. The molecule has 0 bridgehead atoms. The van der Waals surface area contributed by atoms with E-state index in [1.165, 1.54) is 12.3 Å². The molecule has 0 spiro atoms. The highest BCUT2D eigenvalue weighted by atomic mass is 19.4. The van der Waals surface area contributed by atoms with Crippen molar-refractivity contribution in [2.75, 3.05) is 0 Å². The zero-order chi connectivity index (χ0) is 22.2. The molecule has 0 radical (unpaired) electrons. The van der Waals surface area contributed by atoms with E-state index in [0.717, 1.165) is 24.3 Å². The first kappa shape index (κ1) is 20.8. The SMILES string of the molecule is Cc1cnc2c(C(F)(F)F)cccc2c1-c1cccc(OCc2cc(F)ccc2F)c1. The molecule has 7 heteroatoms. The van der Waals surface area contributed by atoms with Gasteiger partial charge in [0.1, 0.15) is 24.0 Å². The molecular weight excluding hydrogens is 413 g/mol. The first-order valence-electron chi connectivity index (χ1n) is 9.37. The standard InChI is InChI=1S/C24H16F5NO/c1-14-12-30-23-19(6-3-7-20(23)24(27,28)29)22(14)15-4-2-5-18(11-15)31-13-16-10-17(25)8-9-21(16)26/h2-12H,13H2,1H3. The third-order valence-corrected chi connectivity index (χ3v) is 4.92. The monoisotopic (exact) mass is 429 g/mol. The van der Waals surface area contributed by atoms with Gasteiger partial charge in [0.05, 0.1) is 11.1 Å². The summed E-state index contributed by atoms with van der Waals surface area (Å²) in [6, 6.07) is 13.8. The summed E-state index contributed by atoms with van der Waals surface area (Å²) in [5.41, 5.74) is 1.04. The fourth-order valence-corrected chi connectivity index (χ4v) is 3.49. The maximum Gasteiger partial charge on any atom is 0.418 e. The van der Waals surface area contributed by atoms with Gasteiger partial charge in [0.2, 0.25) is 0 Å². The molecule has 0 aliphatic carbocycles. The average molecular weight is 429 g/mol. The van der Waals surface area contributed by atoms with Gasteiger partial charge in [-0.15, -0.1) is 0 Å². The van der Waals surface area contributed by atoms with Gasteiger partial charge >= 0.3 is 6.18 Å². The smallest absolute Gasteiger partial charge is 0.418 e. The summed E-state index contributed by atoms with van der Waals surface area (Å²) in [4.78, 5) is 4.02. The summed E-state index contributed by atoms with van der Waals surface area (Å²) in [7, 11) is 0. The van der Waals surface area contributed by atoms with Gasteiger partial charge in [-0.3, -0.25) is 4.98 Å². The number of hydrogen-bond donors (Lipinski definition) is 0. The molecule has 0 amide bonds. The van der Waals surface area contributed by atoms with E-state index < -0.39 is 23.4 Å². The molecular formula is C24H16F5NO. The Labute approximate surface area is 174 Å². The lowest BCUT2D eigenvalue weighted by Gasteiger charge is -2.15. The van der Waals surface area contributed by atoms with Crippen LogP contribution in [0.2, 0.25) is 0 Å². The largest absolute Gasteiger partial charge is 0.489 e. The number of aromatic nitrogens is 1. The van der Waals surface area contributed by atoms with Crippen LogP contribution >= 0.6 is 0 Å². The Hall–Kier alpha value is -3.48. The van der Waals surface area contributed by atoms with Crippen LogP contribution in [-0.4, -0.2) is 4.98 Å². The van der Waals surface area contributed by atoms with Crippen molar-refractivity contribution in [3.63, 3.8) is 0 Å². The Kier molecular flexibility index (Phi) is 5.35. The van der Waals surface area contributed by atoms with Crippen molar-refractivity contribution in [3.8, 4) is 16.9 Å².